The van der Waals surface area contributed by atoms with Gasteiger partial charge in [-0.2, -0.15) is 0 Å². The molecular weight excluding hydrogens is 288 g/mol. The van der Waals surface area contributed by atoms with Crippen LogP contribution in [0.3, 0.4) is 0 Å². The predicted molar refractivity (Wildman–Crippen MR) is 95.0 cm³/mol. The lowest BCUT2D eigenvalue weighted by atomic mass is 10.1. The van der Waals surface area contributed by atoms with E-state index in [4.69, 9.17) is 4.74 Å². The topological polar surface area (TPSA) is 35.9 Å². The van der Waals surface area contributed by atoms with Gasteiger partial charge in [-0.25, -0.2) is 0 Å². The highest BCUT2D eigenvalue weighted by Gasteiger charge is 2.19. The Morgan fingerprint density at radius 3 is 2.26 bits per heavy atom. The molecule has 1 atom stereocenters. The summed E-state index contributed by atoms with van der Waals surface area (Å²) >= 11 is 0. The number of benzene rings is 1. The summed E-state index contributed by atoms with van der Waals surface area (Å²) < 4.78 is 5.66. The molecule has 1 aliphatic heterocycles. The van der Waals surface area contributed by atoms with Crippen molar-refractivity contribution in [2.45, 2.75) is 33.3 Å². The Labute approximate surface area is 141 Å². The molecule has 1 aromatic rings. The van der Waals surface area contributed by atoms with E-state index in [0.717, 1.165) is 37.8 Å². The van der Waals surface area contributed by atoms with E-state index in [0.29, 0.717) is 13.2 Å². The number of β-amino-alcohol motifs (C(OH)–C–C–N with tert-alkyl or cyclic N) is 1. The van der Waals surface area contributed by atoms with Crippen molar-refractivity contribution >= 4 is 0 Å². The Hall–Kier alpha value is -1.10. The highest BCUT2D eigenvalue weighted by molar-refractivity contribution is 5.26. The Bertz CT molecular complexity index is 439. The molecule has 130 valence electrons. The Kier molecular flexibility index (Phi) is 7.34. The molecule has 1 saturated heterocycles. The van der Waals surface area contributed by atoms with Crippen LogP contribution in [-0.2, 0) is 0 Å². The molecule has 1 heterocycles. The molecule has 23 heavy (non-hydrogen) atoms. The van der Waals surface area contributed by atoms with E-state index in [1.807, 2.05) is 24.3 Å². The van der Waals surface area contributed by atoms with Crippen molar-refractivity contribution in [2.75, 3.05) is 45.9 Å². The van der Waals surface area contributed by atoms with Crippen LogP contribution in [0.15, 0.2) is 24.3 Å². The quantitative estimate of drug-likeness (QED) is 0.798. The monoisotopic (exact) mass is 320 g/mol. The molecule has 0 amide bonds. The van der Waals surface area contributed by atoms with Crippen LogP contribution in [0.4, 0.5) is 0 Å². The SMILES string of the molecule is Cc1ccc(OCC(O)CN2CCN(CCC(C)C)CC2)cc1. The van der Waals surface area contributed by atoms with Crippen LogP contribution in [0.5, 0.6) is 5.75 Å². The minimum atomic E-state index is -0.432. The summed E-state index contributed by atoms with van der Waals surface area (Å²) in [6.07, 6.45) is 0.839. The zero-order valence-corrected chi connectivity index (χ0v) is 14.9. The predicted octanol–water partition coefficient (Wildman–Crippen LogP) is 2.40. The molecular formula is C19H32N2O2. The molecule has 2 rings (SSSR count). The normalized spacial score (nSPS) is 18.3. The summed E-state index contributed by atoms with van der Waals surface area (Å²) in [4.78, 5) is 4.88. The third-order valence-corrected chi connectivity index (χ3v) is 4.42. The van der Waals surface area contributed by atoms with Gasteiger partial charge in [-0.05, 0) is 37.9 Å². The maximum absolute atomic E-state index is 10.2. The molecule has 1 fully saturated rings. The molecule has 1 aliphatic rings. The number of ether oxygens (including phenoxy) is 1. The minimum Gasteiger partial charge on any atom is -0.491 e. The Morgan fingerprint density at radius 2 is 1.65 bits per heavy atom. The van der Waals surface area contributed by atoms with E-state index >= 15 is 0 Å². The van der Waals surface area contributed by atoms with Gasteiger partial charge in [0.2, 0.25) is 0 Å². The summed E-state index contributed by atoms with van der Waals surface area (Å²) in [6.45, 7) is 13.2. The number of aryl methyl sites for hydroxylation is 1. The van der Waals surface area contributed by atoms with Gasteiger partial charge in [-0.1, -0.05) is 31.5 Å². The van der Waals surface area contributed by atoms with Crippen molar-refractivity contribution in [2.24, 2.45) is 5.92 Å². The van der Waals surface area contributed by atoms with Gasteiger partial charge >= 0.3 is 0 Å². The lowest BCUT2D eigenvalue weighted by Gasteiger charge is -2.35. The maximum atomic E-state index is 10.2. The fourth-order valence-corrected chi connectivity index (χ4v) is 2.81. The van der Waals surface area contributed by atoms with Crippen LogP contribution in [-0.4, -0.2) is 66.9 Å². The van der Waals surface area contributed by atoms with Gasteiger partial charge in [-0.15, -0.1) is 0 Å². The van der Waals surface area contributed by atoms with E-state index in [-0.39, 0.29) is 0 Å². The molecule has 0 saturated carbocycles. The van der Waals surface area contributed by atoms with E-state index < -0.39 is 6.10 Å². The Balaban J connectivity index is 1.62. The van der Waals surface area contributed by atoms with Crippen LogP contribution in [0.25, 0.3) is 0 Å². The highest BCUT2D eigenvalue weighted by atomic mass is 16.5. The summed E-state index contributed by atoms with van der Waals surface area (Å²) in [5, 5.41) is 10.2. The van der Waals surface area contributed by atoms with Crippen LogP contribution in [0, 0.1) is 12.8 Å². The summed E-state index contributed by atoms with van der Waals surface area (Å²) in [5.41, 5.74) is 1.22. The first-order valence-electron chi connectivity index (χ1n) is 8.85. The first-order chi connectivity index (χ1) is 11.0. The highest BCUT2D eigenvalue weighted by Crippen LogP contribution is 2.12. The second-order valence-electron chi connectivity index (χ2n) is 7.10. The molecule has 1 aromatic carbocycles. The lowest BCUT2D eigenvalue weighted by Crippen LogP contribution is -2.49. The van der Waals surface area contributed by atoms with Crippen LogP contribution >= 0.6 is 0 Å². The van der Waals surface area contributed by atoms with Gasteiger partial charge in [-0.3, -0.25) is 4.90 Å². The number of piperazine rings is 1. The molecule has 1 unspecified atom stereocenters. The third kappa shape index (κ3) is 6.90. The van der Waals surface area contributed by atoms with Crippen molar-refractivity contribution in [3.05, 3.63) is 29.8 Å². The second kappa shape index (κ2) is 9.26. The van der Waals surface area contributed by atoms with Crippen molar-refractivity contribution in [1.82, 2.24) is 9.80 Å². The van der Waals surface area contributed by atoms with Gasteiger partial charge in [0.1, 0.15) is 18.5 Å². The van der Waals surface area contributed by atoms with Crippen molar-refractivity contribution in [3.63, 3.8) is 0 Å². The van der Waals surface area contributed by atoms with Gasteiger partial charge in [0.15, 0.2) is 0 Å². The van der Waals surface area contributed by atoms with Crippen LogP contribution in [0.1, 0.15) is 25.8 Å². The first-order valence-corrected chi connectivity index (χ1v) is 8.85. The smallest absolute Gasteiger partial charge is 0.119 e. The van der Waals surface area contributed by atoms with Gasteiger partial charge in [0.05, 0.1) is 0 Å². The number of aliphatic hydroxyl groups is 1. The second-order valence-corrected chi connectivity index (χ2v) is 7.10. The number of hydrogen-bond donors (Lipinski definition) is 1. The van der Waals surface area contributed by atoms with E-state index in [9.17, 15) is 5.11 Å². The average Bonchev–Trinajstić information content (AvgIpc) is 2.53. The lowest BCUT2D eigenvalue weighted by molar-refractivity contribution is 0.0453. The Morgan fingerprint density at radius 1 is 1.04 bits per heavy atom. The molecule has 0 aliphatic carbocycles. The summed E-state index contributed by atoms with van der Waals surface area (Å²) in [5.74, 6) is 1.60. The van der Waals surface area contributed by atoms with Crippen molar-refractivity contribution in [3.8, 4) is 5.75 Å². The van der Waals surface area contributed by atoms with Gasteiger partial charge in [0, 0.05) is 32.7 Å². The van der Waals surface area contributed by atoms with Crippen LogP contribution < -0.4 is 4.74 Å². The number of rotatable bonds is 8. The first kappa shape index (κ1) is 18.2. The maximum Gasteiger partial charge on any atom is 0.119 e. The molecule has 4 heteroatoms. The molecule has 0 bridgehead atoms. The minimum absolute atomic E-state index is 0.358. The number of nitrogens with zero attached hydrogens (tertiary/aromatic N) is 2. The van der Waals surface area contributed by atoms with Crippen molar-refractivity contribution < 1.29 is 9.84 Å². The fraction of sp³-hybridized carbons (Fsp3) is 0.684. The number of aliphatic hydroxyl groups excluding tert-OH is 1. The standard InChI is InChI=1S/C19H32N2O2/c1-16(2)8-9-20-10-12-21(13-11-20)14-18(22)15-23-19-6-4-17(3)5-7-19/h4-7,16,18,22H,8-15H2,1-3H3. The van der Waals surface area contributed by atoms with E-state index in [1.165, 1.54) is 18.5 Å². The fourth-order valence-electron chi connectivity index (χ4n) is 2.81. The van der Waals surface area contributed by atoms with E-state index in [1.54, 1.807) is 0 Å². The molecule has 0 aromatic heterocycles. The van der Waals surface area contributed by atoms with Crippen molar-refractivity contribution in [1.29, 1.82) is 0 Å². The van der Waals surface area contributed by atoms with E-state index in [2.05, 4.69) is 30.6 Å². The molecule has 0 spiro atoms. The zero-order valence-electron chi connectivity index (χ0n) is 14.9. The molecule has 4 nitrogen and oxygen atoms in total. The summed E-state index contributed by atoms with van der Waals surface area (Å²) in [6, 6.07) is 7.96. The van der Waals surface area contributed by atoms with Crippen LogP contribution in [0.2, 0.25) is 0 Å². The molecule has 0 radical (unpaired) electrons. The zero-order chi connectivity index (χ0) is 16.7. The van der Waals surface area contributed by atoms with Gasteiger partial charge < -0.3 is 14.7 Å². The molecule has 1 N–H and O–H groups in total. The summed E-state index contributed by atoms with van der Waals surface area (Å²) in [7, 11) is 0. The largest absolute Gasteiger partial charge is 0.491 e. The average molecular weight is 320 g/mol. The number of hydrogen-bond acceptors (Lipinski definition) is 4. The third-order valence-electron chi connectivity index (χ3n) is 4.42. The van der Waals surface area contributed by atoms with Gasteiger partial charge in [0.25, 0.3) is 0 Å².